The Morgan fingerprint density at radius 2 is 1.55 bits per heavy atom. The van der Waals surface area contributed by atoms with Gasteiger partial charge in [-0.15, -0.1) is 0 Å². The van der Waals surface area contributed by atoms with Crippen molar-refractivity contribution in [1.29, 1.82) is 0 Å². The van der Waals surface area contributed by atoms with Gasteiger partial charge in [0.25, 0.3) is 0 Å². The molecule has 158 valence electrons. The zero-order valence-electron chi connectivity index (χ0n) is 19.6. The van der Waals surface area contributed by atoms with Crippen LogP contribution in [0.1, 0.15) is 58.5 Å². The number of aromatic nitrogens is 3. The molecule has 0 bridgehead atoms. The molecular formula is C25H29BN3O2+. The van der Waals surface area contributed by atoms with E-state index in [-0.39, 0.29) is 17.5 Å². The molecule has 5 rings (SSSR count). The van der Waals surface area contributed by atoms with E-state index >= 15 is 0 Å². The number of nitrogens with zero attached hydrogens (tertiary/aromatic N) is 3. The van der Waals surface area contributed by atoms with Gasteiger partial charge in [-0.1, -0.05) is 59.2 Å². The van der Waals surface area contributed by atoms with E-state index in [1.54, 1.807) is 0 Å². The summed E-state index contributed by atoms with van der Waals surface area (Å²) in [4.78, 5) is 9.77. The van der Waals surface area contributed by atoms with Gasteiger partial charge in [0.05, 0.1) is 5.46 Å². The molecule has 0 fully saturated rings. The van der Waals surface area contributed by atoms with Crippen molar-refractivity contribution in [2.24, 2.45) is 7.05 Å². The lowest BCUT2D eigenvalue weighted by atomic mass is 9.36. The number of rotatable bonds is 0. The average molecular weight is 414 g/mol. The maximum Gasteiger partial charge on any atom is 0.347 e. The van der Waals surface area contributed by atoms with Gasteiger partial charge < -0.3 is 9.47 Å². The zero-order valence-corrected chi connectivity index (χ0v) is 19.6. The Balaban J connectivity index is 1.89. The van der Waals surface area contributed by atoms with Crippen molar-refractivity contribution in [1.82, 2.24) is 9.97 Å². The third-order valence-corrected chi connectivity index (χ3v) is 6.22. The lowest BCUT2D eigenvalue weighted by Gasteiger charge is -2.33. The van der Waals surface area contributed by atoms with E-state index in [4.69, 9.17) is 19.4 Å². The average Bonchev–Trinajstić information content (AvgIpc) is 2.65. The molecule has 3 aromatic rings. The molecular weight excluding hydrogens is 385 g/mol. The second-order valence-corrected chi connectivity index (χ2v) is 10.7. The molecule has 0 spiro atoms. The van der Waals surface area contributed by atoms with Gasteiger partial charge in [0.1, 0.15) is 18.6 Å². The molecule has 0 unspecified atom stereocenters. The van der Waals surface area contributed by atoms with Gasteiger partial charge in [-0.25, -0.2) is 4.57 Å². The fourth-order valence-corrected chi connectivity index (χ4v) is 4.57. The molecule has 2 aliphatic rings. The first-order chi connectivity index (χ1) is 14.5. The molecule has 0 saturated heterocycles. The SMILES string of the molecule is Cc1cccc2c1B1c3c(nc(C(C)(C)C)nc3Oc3c(C(C)(C)C)cc[n+](C)c31)O2. The van der Waals surface area contributed by atoms with Crippen molar-refractivity contribution in [2.45, 2.75) is 59.3 Å². The highest BCUT2D eigenvalue weighted by molar-refractivity contribution is 6.97. The van der Waals surface area contributed by atoms with E-state index in [9.17, 15) is 0 Å². The Kier molecular flexibility index (Phi) is 4.08. The normalized spacial score (nSPS) is 14.3. The fourth-order valence-electron chi connectivity index (χ4n) is 4.57. The summed E-state index contributed by atoms with van der Waals surface area (Å²) in [6.45, 7) is 15.1. The zero-order chi connectivity index (χ0) is 22.3. The number of benzene rings is 1. The van der Waals surface area contributed by atoms with Crippen LogP contribution in [0.4, 0.5) is 0 Å². The van der Waals surface area contributed by atoms with Gasteiger partial charge in [0, 0.05) is 17.0 Å². The molecule has 2 aliphatic heterocycles. The molecule has 6 heteroatoms. The van der Waals surface area contributed by atoms with Crippen molar-refractivity contribution in [3.8, 4) is 23.3 Å². The summed E-state index contributed by atoms with van der Waals surface area (Å²) in [5.74, 6) is 3.69. The summed E-state index contributed by atoms with van der Waals surface area (Å²) in [5, 5.41) is 0. The molecule has 1 aromatic carbocycles. The number of pyridine rings is 1. The first kappa shape index (κ1) is 20.0. The molecule has 0 N–H and O–H groups in total. The molecule has 0 amide bonds. The second kappa shape index (κ2) is 6.31. The second-order valence-electron chi connectivity index (χ2n) is 10.7. The van der Waals surface area contributed by atoms with Gasteiger partial charge >= 0.3 is 6.71 Å². The van der Waals surface area contributed by atoms with Gasteiger partial charge in [0.2, 0.25) is 11.8 Å². The van der Waals surface area contributed by atoms with Crippen molar-refractivity contribution in [3.05, 3.63) is 47.4 Å². The quantitative estimate of drug-likeness (QED) is 0.289. The van der Waals surface area contributed by atoms with Crippen molar-refractivity contribution in [2.75, 3.05) is 0 Å². The van der Waals surface area contributed by atoms with Crippen LogP contribution in [0, 0.1) is 6.92 Å². The van der Waals surface area contributed by atoms with Gasteiger partial charge in [-0.05, 0) is 23.9 Å². The lowest BCUT2D eigenvalue weighted by molar-refractivity contribution is -0.654. The number of fused-ring (bicyclic) bond motifs is 4. The van der Waals surface area contributed by atoms with Gasteiger partial charge in [0.15, 0.2) is 17.5 Å². The minimum Gasteiger partial charge on any atom is -0.440 e. The van der Waals surface area contributed by atoms with Crippen LogP contribution in [0.2, 0.25) is 0 Å². The van der Waals surface area contributed by atoms with Crippen LogP contribution in [0.15, 0.2) is 30.5 Å². The van der Waals surface area contributed by atoms with Crippen LogP contribution < -0.4 is 30.6 Å². The Labute approximate surface area is 184 Å². The minimum absolute atomic E-state index is 0.0416. The predicted octanol–water partition coefficient (Wildman–Crippen LogP) is 2.93. The maximum absolute atomic E-state index is 6.60. The van der Waals surface area contributed by atoms with E-state index in [1.165, 1.54) is 11.1 Å². The van der Waals surface area contributed by atoms with E-state index in [0.29, 0.717) is 11.8 Å². The van der Waals surface area contributed by atoms with Crippen LogP contribution in [-0.4, -0.2) is 16.7 Å². The Hall–Kier alpha value is -2.89. The highest BCUT2D eigenvalue weighted by Gasteiger charge is 2.50. The fraction of sp³-hybridized carbons (Fsp3) is 0.400. The summed E-state index contributed by atoms with van der Waals surface area (Å²) < 4.78 is 15.1. The molecule has 0 aliphatic carbocycles. The first-order valence-corrected chi connectivity index (χ1v) is 10.9. The van der Waals surface area contributed by atoms with Crippen LogP contribution >= 0.6 is 0 Å². The van der Waals surface area contributed by atoms with E-state index in [0.717, 1.165) is 33.8 Å². The Morgan fingerprint density at radius 1 is 0.871 bits per heavy atom. The van der Waals surface area contributed by atoms with Crippen LogP contribution in [0.25, 0.3) is 0 Å². The monoisotopic (exact) mass is 414 g/mol. The van der Waals surface area contributed by atoms with Crippen LogP contribution in [-0.2, 0) is 17.9 Å². The Bertz CT molecular complexity index is 1240. The molecule has 5 nitrogen and oxygen atoms in total. The van der Waals surface area contributed by atoms with Crippen molar-refractivity contribution < 1.29 is 14.0 Å². The van der Waals surface area contributed by atoms with E-state index in [2.05, 4.69) is 78.4 Å². The highest BCUT2D eigenvalue weighted by atomic mass is 16.5. The maximum atomic E-state index is 6.60. The van der Waals surface area contributed by atoms with Crippen molar-refractivity contribution in [3.63, 3.8) is 0 Å². The van der Waals surface area contributed by atoms with Gasteiger partial charge in [-0.2, -0.15) is 9.97 Å². The van der Waals surface area contributed by atoms with Gasteiger partial charge in [-0.3, -0.25) is 0 Å². The lowest BCUT2D eigenvalue weighted by Crippen LogP contribution is -2.68. The standard InChI is InChI=1S/C25H29BN3O2/c1-14-10-9-11-16-17(14)26-18-21(30-16)27-23(25(5,6)7)28-22(18)31-19-15(24(2,3)4)12-13-29(8)20(19)26/h9-13H,1-8H3/q+1. The summed E-state index contributed by atoms with van der Waals surface area (Å²) in [5.41, 5.74) is 5.26. The molecule has 0 radical (unpaired) electrons. The minimum atomic E-state index is -0.227. The van der Waals surface area contributed by atoms with Crippen LogP contribution in [0.5, 0.6) is 23.3 Å². The summed E-state index contributed by atoms with van der Waals surface area (Å²) >= 11 is 0. The molecule has 0 atom stereocenters. The first-order valence-electron chi connectivity index (χ1n) is 10.9. The number of hydrogen-bond donors (Lipinski definition) is 0. The number of aryl methyl sites for hydroxylation is 2. The van der Waals surface area contributed by atoms with E-state index < -0.39 is 0 Å². The summed E-state index contributed by atoms with van der Waals surface area (Å²) in [6.07, 6.45) is 2.13. The number of ether oxygens (including phenoxy) is 2. The molecule has 2 aromatic heterocycles. The number of hydrogen-bond acceptors (Lipinski definition) is 4. The third-order valence-electron chi connectivity index (χ3n) is 6.22. The smallest absolute Gasteiger partial charge is 0.347 e. The Morgan fingerprint density at radius 3 is 2.19 bits per heavy atom. The molecule has 31 heavy (non-hydrogen) atoms. The molecule has 4 heterocycles. The topological polar surface area (TPSA) is 48.1 Å². The van der Waals surface area contributed by atoms with Crippen molar-refractivity contribution >= 4 is 23.2 Å². The summed E-state index contributed by atoms with van der Waals surface area (Å²) in [7, 11) is 2.08. The molecule has 0 saturated carbocycles. The van der Waals surface area contributed by atoms with E-state index in [1.807, 2.05) is 12.1 Å². The predicted molar refractivity (Wildman–Crippen MR) is 123 cm³/mol. The highest BCUT2D eigenvalue weighted by Crippen LogP contribution is 2.38. The van der Waals surface area contributed by atoms with Crippen LogP contribution in [0.3, 0.4) is 0 Å². The third kappa shape index (κ3) is 2.95. The largest absolute Gasteiger partial charge is 0.440 e. The summed E-state index contributed by atoms with van der Waals surface area (Å²) in [6, 6.07) is 8.37.